The molecule has 1 heterocycles. The first-order valence-electron chi connectivity index (χ1n) is 11.1. The lowest BCUT2D eigenvalue weighted by atomic mass is 10.0. The fourth-order valence-corrected chi connectivity index (χ4v) is 4.45. The summed E-state index contributed by atoms with van der Waals surface area (Å²) < 4.78 is 16.1. The average molecular weight is 480 g/mol. The minimum Gasteiger partial charge on any atom is -0.494 e. The summed E-state index contributed by atoms with van der Waals surface area (Å²) in [4.78, 5) is 26.2. The Kier molecular flexibility index (Phi) is 8.87. The monoisotopic (exact) mass is 479 g/mol. The van der Waals surface area contributed by atoms with E-state index < -0.39 is 5.97 Å². The Bertz CT molecular complexity index is 1150. The fourth-order valence-electron chi connectivity index (χ4n) is 3.38. The van der Waals surface area contributed by atoms with Crippen molar-refractivity contribution in [1.29, 1.82) is 0 Å². The maximum absolute atomic E-state index is 12.7. The van der Waals surface area contributed by atoms with Crippen LogP contribution in [-0.4, -0.2) is 32.2 Å². The van der Waals surface area contributed by atoms with Crippen molar-refractivity contribution < 1.29 is 23.8 Å². The lowest BCUT2D eigenvalue weighted by Crippen LogP contribution is -2.11. The maximum atomic E-state index is 12.7. The zero-order valence-corrected chi connectivity index (χ0v) is 20.7. The number of hydrogen-bond acceptors (Lipinski definition) is 6. The molecule has 3 rings (SSSR count). The Morgan fingerprint density at radius 1 is 0.971 bits per heavy atom. The van der Waals surface area contributed by atoms with E-state index in [1.807, 2.05) is 62.4 Å². The number of ether oxygens (including phenoxy) is 3. The highest BCUT2D eigenvalue weighted by atomic mass is 32.1. The first-order valence-corrected chi connectivity index (χ1v) is 11.9. The number of anilines is 1. The van der Waals surface area contributed by atoms with Crippen molar-refractivity contribution in [2.75, 3.05) is 25.6 Å². The topological polar surface area (TPSA) is 73.9 Å². The number of rotatable bonds is 10. The Morgan fingerprint density at radius 3 is 2.24 bits per heavy atom. The molecule has 7 heteroatoms. The number of esters is 1. The molecule has 0 aliphatic carbocycles. The normalized spacial score (nSPS) is 10.8. The molecule has 1 amide bonds. The number of thiophene rings is 1. The molecule has 6 nitrogen and oxygen atoms in total. The molecule has 0 saturated heterocycles. The van der Waals surface area contributed by atoms with Crippen LogP contribution in [0.25, 0.3) is 17.2 Å². The zero-order chi connectivity index (χ0) is 24.5. The highest BCUT2D eigenvalue weighted by Crippen LogP contribution is 2.40. The summed E-state index contributed by atoms with van der Waals surface area (Å²) >= 11 is 1.34. The summed E-state index contributed by atoms with van der Waals surface area (Å²) in [7, 11) is 1.33. The van der Waals surface area contributed by atoms with E-state index in [1.54, 1.807) is 6.08 Å². The predicted molar refractivity (Wildman–Crippen MR) is 137 cm³/mol. The van der Waals surface area contributed by atoms with Gasteiger partial charge in [-0.3, -0.25) is 4.79 Å². The third kappa shape index (κ3) is 6.26. The number of benzene rings is 2. The van der Waals surface area contributed by atoms with Crippen LogP contribution in [0.15, 0.2) is 54.6 Å². The molecule has 178 valence electrons. The highest BCUT2D eigenvalue weighted by molar-refractivity contribution is 7.17. The molecule has 0 radical (unpaired) electrons. The Balaban J connectivity index is 1.81. The van der Waals surface area contributed by atoms with Crippen LogP contribution in [0.4, 0.5) is 5.00 Å². The van der Waals surface area contributed by atoms with Gasteiger partial charge in [-0.05, 0) is 61.7 Å². The van der Waals surface area contributed by atoms with Crippen LogP contribution in [0.3, 0.4) is 0 Å². The van der Waals surface area contributed by atoms with Crippen molar-refractivity contribution in [1.82, 2.24) is 0 Å². The maximum Gasteiger partial charge on any atom is 0.341 e. The van der Waals surface area contributed by atoms with Gasteiger partial charge in [-0.25, -0.2) is 4.79 Å². The number of carbonyl (C=O) groups excluding carboxylic acids is 2. The van der Waals surface area contributed by atoms with Gasteiger partial charge in [0.05, 0.1) is 20.3 Å². The molecule has 2 aromatic carbocycles. The summed E-state index contributed by atoms with van der Waals surface area (Å²) in [5, 5.41) is 3.29. The number of amides is 1. The van der Waals surface area contributed by atoms with Crippen LogP contribution in [0, 0.1) is 6.92 Å². The van der Waals surface area contributed by atoms with E-state index in [4.69, 9.17) is 14.2 Å². The van der Waals surface area contributed by atoms with Crippen LogP contribution in [-0.2, 0) is 9.53 Å². The van der Waals surface area contributed by atoms with Gasteiger partial charge >= 0.3 is 5.97 Å². The van der Waals surface area contributed by atoms with E-state index in [9.17, 15) is 9.59 Å². The third-order valence-corrected chi connectivity index (χ3v) is 5.97. The van der Waals surface area contributed by atoms with Gasteiger partial charge in [0.2, 0.25) is 5.91 Å². The van der Waals surface area contributed by atoms with Gasteiger partial charge in [0, 0.05) is 16.5 Å². The standard InChI is InChI=1S/C27H29NO5S/c1-5-17-33-22-12-7-19(8-13-22)9-16-23(29)28-26-25(27(30)31-4)24(18(3)34-26)20-10-14-21(15-11-20)32-6-2/h7-16H,5-6,17H2,1-4H3,(H,28,29)/b16-9+. The number of carbonyl (C=O) groups is 2. The molecular weight excluding hydrogens is 450 g/mol. The third-order valence-electron chi connectivity index (χ3n) is 4.94. The van der Waals surface area contributed by atoms with Crippen LogP contribution < -0.4 is 14.8 Å². The SMILES string of the molecule is CCCOc1ccc(/C=C/C(=O)Nc2sc(C)c(-c3ccc(OCC)cc3)c2C(=O)OC)cc1. The Labute approximate surface area is 204 Å². The minimum atomic E-state index is -0.504. The zero-order valence-electron chi connectivity index (χ0n) is 19.8. The molecule has 0 aliphatic heterocycles. The summed E-state index contributed by atoms with van der Waals surface area (Å²) in [5.74, 6) is 0.704. The van der Waals surface area contributed by atoms with Crippen molar-refractivity contribution in [3.63, 3.8) is 0 Å². The van der Waals surface area contributed by atoms with Gasteiger partial charge in [0.25, 0.3) is 0 Å². The van der Waals surface area contributed by atoms with E-state index in [2.05, 4.69) is 12.2 Å². The quantitative estimate of drug-likeness (QED) is 0.271. The van der Waals surface area contributed by atoms with E-state index in [0.29, 0.717) is 23.8 Å². The van der Waals surface area contributed by atoms with Gasteiger partial charge in [-0.1, -0.05) is 31.2 Å². The van der Waals surface area contributed by atoms with E-state index in [-0.39, 0.29) is 5.91 Å². The first-order chi connectivity index (χ1) is 16.5. The molecule has 0 bridgehead atoms. The van der Waals surface area contributed by atoms with Crippen molar-refractivity contribution >= 4 is 34.3 Å². The molecule has 1 N–H and O–H groups in total. The lowest BCUT2D eigenvalue weighted by Gasteiger charge is -2.08. The summed E-state index contributed by atoms with van der Waals surface area (Å²) in [6, 6.07) is 15.0. The summed E-state index contributed by atoms with van der Waals surface area (Å²) in [6.45, 7) is 7.13. The van der Waals surface area contributed by atoms with Gasteiger partial charge < -0.3 is 19.5 Å². The smallest absolute Gasteiger partial charge is 0.341 e. The van der Waals surface area contributed by atoms with E-state index in [0.717, 1.165) is 39.5 Å². The van der Waals surface area contributed by atoms with Crippen LogP contribution in [0.5, 0.6) is 11.5 Å². The number of methoxy groups -OCH3 is 1. The fraction of sp³-hybridized carbons (Fsp3) is 0.259. The second-order valence-electron chi connectivity index (χ2n) is 7.43. The molecule has 0 spiro atoms. The lowest BCUT2D eigenvalue weighted by molar-refractivity contribution is -0.111. The molecule has 1 aromatic heterocycles. The molecule has 3 aromatic rings. The second kappa shape index (κ2) is 12.0. The Hall–Kier alpha value is -3.58. The van der Waals surface area contributed by atoms with Crippen LogP contribution in [0.2, 0.25) is 0 Å². The van der Waals surface area contributed by atoms with Crippen molar-refractivity contribution in [2.45, 2.75) is 27.2 Å². The molecule has 0 atom stereocenters. The molecule has 0 saturated carbocycles. The highest BCUT2D eigenvalue weighted by Gasteiger charge is 2.24. The minimum absolute atomic E-state index is 0.337. The van der Waals surface area contributed by atoms with Crippen molar-refractivity contribution in [3.8, 4) is 22.6 Å². The van der Waals surface area contributed by atoms with Gasteiger partial charge in [-0.15, -0.1) is 11.3 Å². The van der Waals surface area contributed by atoms with Crippen molar-refractivity contribution in [3.05, 3.63) is 70.6 Å². The molecule has 0 fully saturated rings. The van der Waals surface area contributed by atoms with Crippen molar-refractivity contribution in [2.24, 2.45) is 0 Å². The number of hydrogen-bond donors (Lipinski definition) is 1. The Morgan fingerprint density at radius 2 is 1.62 bits per heavy atom. The molecule has 0 unspecified atom stereocenters. The van der Waals surface area contributed by atoms with Gasteiger partial charge in [-0.2, -0.15) is 0 Å². The van der Waals surface area contributed by atoms with Crippen LogP contribution in [0.1, 0.15) is 41.1 Å². The number of nitrogens with one attached hydrogen (secondary N) is 1. The van der Waals surface area contributed by atoms with Gasteiger partial charge in [0.1, 0.15) is 22.1 Å². The molecule has 34 heavy (non-hydrogen) atoms. The second-order valence-corrected chi connectivity index (χ2v) is 8.65. The van der Waals surface area contributed by atoms with Crippen LogP contribution >= 0.6 is 11.3 Å². The number of aryl methyl sites for hydroxylation is 1. The summed E-state index contributed by atoms with van der Waals surface area (Å²) in [5.41, 5.74) is 2.79. The molecular formula is C27H29NO5S. The summed E-state index contributed by atoms with van der Waals surface area (Å²) in [6.07, 6.45) is 4.09. The van der Waals surface area contributed by atoms with E-state index in [1.165, 1.54) is 24.5 Å². The average Bonchev–Trinajstić information content (AvgIpc) is 3.17. The predicted octanol–water partition coefficient (Wildman–Crippen LogP) is 6.35. The van der Waals surface area contributed by atoms with Gasteiger partial charge in [0.15, 0.2) is 0 Å². The first kappa shape index (κ1) is 25.1. The van der Waals surface area contributed by atoms with E-state index >= 15 is 0 Å². The molecule has 0 aliphatic rings. The largest absolute Gasteiger partial charge is 0.494 e.